The van der Waals surface area contributed by atoms with E-state index >= 15 is 0 Å². The van der Waals surface area contributed by atoms with Crippen LogP contribution in [0.15, 0.2) is 30.3 Å². The number of hydrogen-bond acceptors (Lipinski definition) is 3. The van der Waals surface area contributed by atoms with Gasteiger partial charge in [0.2, 0.25) is 0 Å². The zero-order valence-corrected chi connectivity index (χ0v) is 20.7. The molecule has 4 rings (SSSR count). The van der Waals surface area contributed by atoms with Crippen LogP contribution in [0.5, 0.6) is 0 Å². The fourth-order valence-electron chi connectivity index (χ4n) is 5.16. The van der Waals surface area contributed by atoms with E-state index in [4.69, 9.17) is 29.8 Å². The van der Waals surface area contributed by atoms with Crippen molar-refractivity contribution in [1.29, 1.82) is 0 Å². The first-order valence-electron chi connectivity index (χ1n) is 11.3. The molecule has 10 heteroatoms. The minimum Gasteiger partial charge on any atom is -0.372 e. The summed E-state index contributed by atoms with van der Waals surface area (Å²) in [6.45, 7) is 14.0. The third kappa shape index (κ3) is 4.29. The number of nitrogens with zero attached hydrogens (tertiary/aromatic N) is 3. The summed E-state index contributed by atoms with van der Waals surface area (Å²) >= 11 is 12.3. The van der Waals surface area contributed by atoms with E-state index in [1.807, 2.05) is 0 Å². The lowest BCUT2D eigenvalue weighted by Gasteiger charge is -2.43. The fourth-order valence-corrected chi connectivity index (χ4v) is 5.71. The summed E-state index contributed by atoms with van der Waals surface area (Å²) in [5.41, 5.74) is -5.05. The molecule has 1 saturated carbocycles. The molecule has 5 nitrogen and oxygen atoms in total. The number of alkyl halides is 3. The minimum absolute atomic E-state index is 0.101. The number of carbonyl (C=O) groups is 1. The topological polar surface area (TPSA) is 48.1 Å². The molecule has 1 heterocycles. The van der Waals surface area contributed by atoms with E-state index in [2.05, 4.69) is 23.6 Å². The molecule has 0 bridgehead atoms. The van der Waals surface area contributed by atoms with Gasteiger partial charge in [0.05, 0.1) is 12.1 Å². The highest BCUT2D eigenvalue weighted by Gasteiger charge is 2.58. The van der Waals surface area contributed by atoms with Crippen molar-refractivity contribution in [3.05, 3.63) is 68.5 Å². The van der Waals surface area contributed by atoms with Crippen molar-refractivity contribution >= 4 is 40.5 Å². The van der Waals surface area contributed by atoms with Crippen molar-refractivity contribution in [2.75, 3.05) is 24.5 Å². The van der Waals surface area contributed by atoms with Crippen LogP contribution in [0.25, 0.3) is 4.85 Å². The van der Waals surface area contributed by atoms with E-state index < -0.39 is 34.9 Å². The van der Waals surface area contributed by atoms with Crippen molar-refractivity contribution in [1.82, 2.24) is 4.90 Å². The second kappa shape index (κ2) is 9.29. The highest BCUT2D eigenvalue weighted by molar-refractivity contribution is 6.35. The Bertz CT molecular complexity index is 1200. The van der Waals surface area contributed by atoms with Crippen LogP contribution in [-0.4, -0.2) is 41.6 Å². The molecule has 0 radical (unpaired) electrons. The van der Waals surface area contributed by atoms with Gasteiger partial charge in [-0.2, -0.15) is 13.2 Å². The smallest absolute Gasteiger partial charge is 0.372 e. The average molecular weight is 526 g/mol. The number of fused-ring (bicyclic) bond motifs is 1. The predicted octanol–water partition coefficient (Wildman–Crippen LogP) is 6.27. The van der Waals surface area contributed by atoms with Crippen LogP contribution in [0.2, 0.25) is 10.0 Å². The quantitative estimate of drug-likeness (QED) is 0.452. The SMILES string of the molecule is [C-]#[N+]c1cc2c(c(C(F)(F)F)c1)C(O)(c1ccc(Cl)cc1Cl)C(=O)N2C1CC(CN(CC)CC)C1. The molecule has 1 aliphatic heterocycles. The van der Waals surface area contributed by atoms with E-state index in [1.165, 1.54) is 29.2 Å². The standard InChI is InChI=1S/C25H24Cl2F3N3O2/c1-4-32(5-2)13-14-8-17(9-14)33-21-12-16(31-3)11-19(25(28,29)30)22(21)24(35,23(33)34)18-7-6-15(26)10-20(18)27/h6-7,10-12,14,17,35H,4-5,8-9,13H2,1-2H3. The Kier molecular flexibility index (Phi) is 6.84. The summed E-state index contributed by atoms with van der Waals surface area (Å²) in [5.74, 6) is -0.634. The number of carbonyl (C=O) groups excluding carboxylic acids is 1. The Hall–Kier alpha value is -2.31. The van der Waals surface area contributed by atoms with Crippen LogP contribution < -0.4 is 4.90 Å². The molecule has 1 aliphatic carbocycles. The summed E-state index contributed by atoms with van der Waals surface area (Å²) in [6.07, 6.45) is -3.76. The Morgan fingerprint density at radius 3 is 2.40 bits per heavy atom. The number of hydrogen-bond donors (Lipinski definition) is 1. The summed E-state index contributed by atoms with van der Waals surface area (Å²) in [6, 6.07) is 5.42. The molecule has 2 aliphatic rings. The first kappa shape index (κ1) is 25.8. The van der Waals surface area contributed by atoms with Crippen LogP contribution in [0.1, 0.15) is 43.4 Å². The molecule has 0 saturated heterocycles. The fraction of sp³-hybridized carbons (Fsp3) is 0.440. The molecule has 35 heavy (non-hydrogen) atoms. The first-order valence-corrected chi connectivity index (χ1v) is 12.1. The molecule has 186 valence electrons. The van der Waals surface area contributed by atoms with Crippen molar-refractivity contribution in [3.8, 4) is 0 Å². The average Bonchev–Trinajstić information content (AvgIpc) is 2.99. The largest absolute Gasteiger partial charge is 0.415 e. The normalized spacial score (nSPS) is 23.9. The van der Waals surface area contributed by atoms with Gasteiger partial charge in [-0.05, 0) is 56.1 Å². The molecule has 2 aromatic rings. The number of anilines is 1. The summed E-state index contributed by atoms with van der Waals surface area (Å²) < 4.78 is 42.6. The number of aliphatic hydroxyl groups is 1. The van der Waals surface area contributed by atoms with Crippen molar-refractivity contribution in [3.63, 3.8) is 0 Å². The van der Waals surface area contributed by atoms with Gasteiger partial charge in [-0.15, -0.1) is 0 Å². The van der Waals surface area contributed by atoms with Crippen molar-refractivity contribution < 1.29 is 23.1 Å². The second-order valence-corrected chi connectivity index (χ2v) is 9.83. The second-order valence-electron chi connectivity index (χ2n) is 8.98. The molecule has 0 spiro atoms. The van der Waals surface area contributed by atoms with E-state index in [-0.39, 0.29) is 32.9 Å². The Morgan fingerprint density at radius 1 is 1.20 bits per heavy atom. The maximum Gasteiger partial charge on any atom is 0.415 e. The Balaban J connectivity index is 1.86. The number of halogens is 5. The first-order chi connectivity index (χ1) is 16.4. The summed E-state index contributed by atoms with van der Waals surface area (Å²) in [7, 11) is 0. The lowest BCUT2D eigenvalue weighted by Crippen LogP contribution is -2.52. The molecule has 2 aromatic carbocycles. The number of benzene rings is 2. The molecule has 1 atom stereocenters. The number of rotatable bonds is 6. The molecular formula is C25H24Cl2F3N3O2. The molecular weight excluding hydrogens is 502 g/mol. The van der Waals surface area contributed by atoms with Crippen LogP contribution in [0.3, 0.4) is 0 Å². The van der Waals surface area contributed by atoms with Crippen LogP contribution >= 0.6 is 23.2 Å². The van der Waals surface area contributed by atoms with Crippen LogP contribution in [0.4, 0.5) is 24.5 Å². The summed E-state index contributed by atoms with van der Waals surface area (Å²) in [4.78, 5) is 20.5. The van der Waals surface area contributed by atoms with E-state index in [0.717, 1.165) is 19.6 Å². The molecule has 1 unspecified atom stereocenters. The van der Waals surface area contributed by atoms with Gasteiger partial charge >= 0.3 is 6.18 Å². The van der Waals surface area contributed by atoms with E-state index in [0.29, 0.717) is 18.9 Å². The zero-order valence-electron chi connectivity index (χ0n) is 19.2. The maximum absolute atomic E-state index is 14.2. The molecule has 0 aromatic heterocycles. The minimum atomic E-state index is -4.92. The van der Waals surface area contributed by atoms with Crippen molar-refractivity contribution in [2.24, 2.45) is 5.92 Å². The van der Waals surface area contributed by atoms with Crippen LogP contribution in [-0.2, 0) is 16.6 Å². The van der Waals surface area contributed by atoms with Gasteiger partial charge in [0.1, 0.15) is 0 Å². The maximum atomic E-state index is 14.2. The van der Waals surface area contributed by atoms with Gasteiger partial charge in [0.25, 0.3) is 5.91 Å². The summed E-state index contributed by atoms with van der Waals surface area (Å²) in [5, 5.41) is 11.9. The molecule has 1 fully saturated rings. The highest BCUT2D eigenvalue weighted by atomic mass is 35.5. The molecule has 1 N–H and O–H groups in total. The van der Waals surface area contributed by atoms with Gasteiger partial charge in [-0.3, -0.25) is 4.79 Å². The lowest BCUT2D eigenvalue weighted by molar-refractivity contribution is -0.142. The third-order valence-corrected chi connectivity index (χ3v) is 7.54. The van der Waals surface area contributed by atoms with Gasteiger partial charge in [-0.25, -0.2) is 4.85 Å². The number of amides is 1. The van der Waals surface area contributed by atoms with Gasteiger partial charge in [0.15, 0.2) is 11.3 Å². The monoisotopic (exact) mass is 525 g/mol. The van der Waals surface area contributed by atoms with Gasteiger partial charge in [-0.1, -0.05) is 43.1 Å². The zero-order chi connectivity index (χ0) is 25.7. The third-order valence-electron chi connectivity index (χ3n) is 6.99. The van der Waals surface area contributed by atoms with Gasteiger partial charge < -0.3 is 14.9 Å². The Morgan fingerprint density at radius 2 is 1.86 bits per heavy atom. The van der Waals surface area contributed by atoms with Crippen molar-refractivity contribution in [2.45, 2.75) is 44.5 Å². The van der Waals surface area contributed by atoms with E-state index in [9.17, 15) is 23.1 Å². The van der Waals surface area contributed by atoms with Crippen LogP contribution in [0, 0.1) is 12.5 Å². The van der Waals surface area contributed by atoms with Gasteiger partial charge in [0, 0.05) is 39.4 Å². The van der Waals surface area contributed by atoms with E-state index in [1.54, 1.807) is 0 Å². The lowest BCUT2D eigenvalue weighted by atomic mass is 9.78. The molecule has 1 amide bonds. The highest BCUT2D eigenvalue weighted by Crippen LogP contribution is 2.55. The Labute approximate surface area is 211 Å². The predicted molar refractivity (Wildman–Crippen MR) is 129 cm³/mol.